The van der Waals surface area contributed by atoms with Gasteiger partial charge in [0.05, 0.1) is 18.0 Å². The number of rotatable bonds is 8. The van der Waals surface area contributed by atoms with E-state index in [0.717, 1.165) is 11.1 Å². The summed E-state index contributed by atoms with van der Waals surface area (Å²) in [6.45, 7) is 5.07. The number of hydrogen-bond acceptors (Lipinski definition) is 4. The highest BCUT2D eigenvalue weighted by Gasteiger charge is 2.23. The molecule has 0 amide bonds. The first-order valence-corrected chi connectivity index (χ1v) is 10.9. The summed E-state index contributed by atoms with van der Waals surface area (Å²) >= 11 is 0. The predicted octanol–water partition coefficient (Wildman–Crippen LogP) is 1.90. The van der Waals surface area contributed by atoms with Crippen molar-refractivity contribution in [2.24, 2.45) is 4.99 Å². The maximum absolute atomic E-state index is 12.1. The molecule has 8 heteroatoms. The molecule has 2 aromatic rings. The maximum atomic E-state index is 12.1. The smallest absolute Gasteiger partial charge is 0.242 e. The van der Waals surface area contributed by atoms with Crippen LogP contribution in [-0.4, -0.2) is 51.0 Å². The lowest BCUT2D eigenvalue weighted by Gasteiger charge is -2.25. The zero-order chi connectivity index (χ0) is 21.5. The lowest BCUT2D eigenvalue weighted by Crippen LogP contribution is -2.44. The van der Waals surface area contributed by atoms with Crippen LogP contribution in [0, 0.1) is 0 Å². The lowest BCUT2D eigenvalue weighted by molar-refractivity contribution is 0.0617. The molecule has 0 saturated heterocycles. The normalized spacial score (nSPS) is 14.5. The van der Waals surface area contributed by atoms with Crippen molar-refractivity contribution in [3.63, 3.8) is 0 Å². The summed E-state index contributed by atoms with van der Waals surface area (Å²) in [7, 11) is -0.427. The standard InChI is InChI=1S/C21H30N4O3S/c1-5-22-20(24-16-21(2,26)18-9-7-6-8-10-18)23-15-17-11-13-19(14-12-17)29(27,28)25(3)4/h6-14,26H,5,15-16H2,1-4H3,(H2,22,23,24). The van der Waals surface area contributed by atoms with Gasteiger partial charge in [0, 0.05) is 20.6 Å². The molecule has 0 saturated carbocycles. The Hall–Kier alpha value is -2.42. The fourth-order valence-electron chi connectivity index (χ4n) is 2.64. The van der Waals surface area contributed by atoms with E-state index >= 15 is 0 Å². The van der Waals surface area contributed by atoms with Gasteiger partial charge in [-0.1, -0.05) is 42.5 Å². The van der Waals surface area contributed by atoms with Crippen molar-refractivity contribution in [2.45, 2.75) is 30.9 Å². The van der Waals surface area contributed by atoms with Crippen molar-refractivity contribution < 1.29 is 13.5 Å². The van der Waals surface area contributed by atoms with Crippen molar-refractivity contribution in [2.75, 3.05) is 27.2 Å². The lowest BCUT2D eigenvalue weighted by atomic mass is 9.96. The largest absolute Gasteiger partial charge is 0.384 e. The molecule has 0 fully saturated rings. The Balaban J connectivity index is 2.05. The van der Waals surface area contributed by atoms with E-state index in [1.807, 2.05) is 37.3 Å². The van der Waals surface area contributed by atoms with Crippen molar-refractivity contribution in [3.8, 4) is 0 Å². The van der Waals surface area contributed by atoms with Gasteiger partial charge < -0.3 is 15.7 Å². The number of benzene rings is 2. The first-order chi connectivity index (χ1) is 13.7. The molecule has 1 atom stereocenters. The van der Waals surface area contributed by atoms with Crippen LogP contribution in [-0.2, 0) is 22.2 Å². The number of guanidine groups is 1. The molecule has 7 nitrogen and oxygen atoms in total. The minimum atomic E-state index is -3.44. The molecule has 29 heavy (non-hydrogen) atoms. The SMILES string of the molecule is CCNC(=NCc1ccc(S(=O)(=O)N(C)C)cc1)NCC(C)(O)c1ccccc1. The molecule has 0 heterocycles. The Morgan fingerprint density at radius 1 is 1.07 bits per heavy atom. The average Bonchev–Trinajstić information content (AvgIpc) is 2.71. The third kappa shape index (κ3) is 6.28. The van der Waals surface area contributed by atoms with E-state index in [-0.39, 0.29) is 4.90 Å². The van der Waals surface area contributed by atoms with Crippen LogP contribution in [0.3, 0.4) is 0 Å². The Kier molecular flexibility index (Phi) is 7.78. The van der Waals surface area contributed by atoms with E-state index in [1.54, 1.807) is 31.2 Å². The summed E-state index contributed by atoms with van der Waals surface area (Å²) in [5, 5.41) is 17.1. The highest BCUT2D eigenvalue weighted by atomic mass is 32.2. The Morgan fingerprint density at radius 3 is 2.24 bits per heavy atom. The Morgan fingerprint density at radius 2 is 1.69 bits per heavy atom. The average molecular weight is 419 g/mol. The summed E-state index contributed by atoms with van der Waals surface area (Å²) < 4.78 is 25.5. The number of nitrogens with one attached hydrogen (secondary N) is 2. The monoisotopic (exact) mass is 418 g/mol. The number of hydrogen-bond donors (Lipinski definition) is 3. The van der Waals surface area contributed by atoms with Gasteiger partial charge in [-0.05, 0) is 37.1 Å². The van der Waals surface area contributed by atoms with E-state index in [9.17, 15) is 13.5 Å². The number of nitrogens with zero attached hydrogens (tertiary/aromatic N) is 2. The van der Waals surface area contributed by atoms with Crippen LogP contribution >= 0.6 is 0 Å². The molecular formula is C21H30N4O3S. The highest BCUT2D eigenvalue weighted by molar-refractivity contribution is 7.89. The predicted molar refractivity (Wildman–Crippen MR) is 116 cm³/mol. The molecule has 0 aromatic heterocycles. The fourth-order valence-corrected chi connectivity index (χ4v) is 3.55. The fraction of sp³-hybridized carbons (Fsp3) is 0.381. The molecule has 0 aliphatic heterocycles. The Bertz CT molecular complexity index is 909. The van der Waals surface area contributed by atoms with Gasteiger partial charge in [0.15, 0.2) is 5.96 Å². The van der Waals surface area contributed by atoms with Crippen molar-refractivity contribution in [1.82, 2.24) is 14.9 Å². The van der Waals surface area contributed by atoms with E-state index < -0.39 is 15.6 Å². The molecule has 0 radical (unpaired) electrons. The minimum absolute atomic E-state index is 0.249. The summed E-state index contributed by atoms with van der Waals surface area (Å²) in [6.07, 6.45) is 0. The van der Waals surface area contributed by atoms with Crippen LogP contribution in [0.4, 0.5) is 0 Å². The van der Waals surface area contributed by atoms with E-state index in [2.05, 4.69) is 15.6 Å². The third-order valence-corrected chi connectivity index (χ3v) is 6.29. The first-order valence-electron chi connectivity index (χ1n) is 9.48. The van der Waals surface area contributed by atoms with Crippen LogP contribution in [0.5, 0.6) is 0 Å². The van der Waals surface area contributed by atoms with Crippen molar-refractivity contribution >= 4 is 16.0 Å². The highest BCUT2D eigenvalue weighted by Crippen LogP contribution is 2.19. The van der Waals surface area contributed by atoms with Crippen LogP contribution < -0.4 is 10.6 Å². The van der Waals surface area contributed by atoms with Gasteiger partial charge in [0.1, 0.15) is 5.60 Å². The minimum Gasteiger partial charge on any atom is -0.384 e. The second kappa shape index (κ2) is 9.87. The number of aliphatic imine (C=N–C) groups is 1. The summed E-state index contributed by atoms with van der Waals surface area (Å²) in [4.78, 5) is 4.78. The number of sulfonamides is 1. The van der Waals surface area contributed by atoms with Gasteiger partial charge in [-0.25, -0.2) is 17.7 Å². The van der Waals surface area contributed by atoms with Crippen LogP contribution in [0.2, 0.25) is 0 Å². The van der Waals surface area contributed by atoms with E-state index in [0.29, 0.717) is 25.6 Å². The van der Waals surface area contributed by atoms with Crippen LogP contribution in [0.1, 0.15) is 25.0 Å². The van der Waals surface area contributed by atoms with E-state index in [1.165, 1.54) is 18.4 Å². The molecule has 0 bridgehead atoms. The molecule has 0 aliphatic rings. The van der Waals surface area contributed by atoms with Crippen molar-refractivity contribution in [1.29, 1.82) is 0 Å². The van der Waals surface area contributed by atoms with Gasteiger partial charge in [0.2, 0.25) is 10.0 Å². The van der Waals surface area contributed by atoms with Crippen LogP contribution in [0.25, 0.3) is 0 Å². The second-order valence-electron chi connectivity index (χ2n) is 7.12. The quantitative estimate of drug-likeness (QED) is 0.450. The molecule has 2 aromatic carbocycles. The van der Waals surface area contributed by atoms with Crippen molar-refractivity contribution in [3.05, 3.63) is 65.7 Å². The van der Waals surface area contributed by atoms with Gasteiger partial charge in [0.25, 0.3) is 0 Å². The zero-order valence-electron chi connectivity index (χ0n) is 17.4. The molecule has 2 rings (SSSR count). The third-order valence-electron chi connectivity index (χ3n) is 4.46. The Labute approximate surface area is 173 Å². The van der Waals surface area contributed by atoms with Gasteiger partial charge >= 0.3 is 0 Å². The summed E-state index contributed by atoms with van der Waals surface area (Å²) in [6, 6.07) is 16.1. The first kappa shape index (κ1) is 22.9. The zero-order valence-corrected chi connectivity index (χ0v) is 18.2. The topological polar surface area (TPSA) is 94.0 Å². The van der Waals surface area contributed by atoms with Gasteiger partial charge in [-0.15, -0.1) is 0 Å². The summed E-state index contributed by atoms with van der Waals surface area (Å²) in [5.74, 6) is 0.577. The van der Waals surface area contributed by atoms with Gasteiger partial charge in [-0.2, -0.15) is 0 Å². The summed E-state index contributed by atoms with van der Waals surface area (Å²) in [5.41, 5.74) is 0.662. The molecular weight excluding hydrogens is 388 g/mol. The number of aliphatic hydroxyl groups is 1. The maximum Gasteiger partial charge on any atom is 0.242 e. The molecule has 0 spiro atoms. The van der Waals surface area contributed by atoms with E-state index in [4.69, 9.17) is 0 Å². The molecule has 158 valence electrons. The molecule has 3 N–H and O–H groups in total. The van der Waals surface area contributed by atoms with Gasteiger partial charge in [-0.3, -0.25) is 0 Å². The molecule has 0 aliphatic carbocycles. The van der Waals surface area contributed by atoms with Crippen LogP contribution in [0.15, 0.2) is 64.5 Å². The molecule has 1 unspecified atom stereocenters. The second-order valence-corrected chi connectivity index (χ2v) is 9.27.